The van der Waals surface area contributed by atoms with Gasteiger partial charge in [-0.05, 0) is 40.7 Å². The average molecular weight is 290 g/mol. The second-order valence-corrected chi connectivity index (χ2v) is 5.74. The first-order chi connectivity index (χ1) is 8.95. The lowest BCUT2D eigenvalue weighted by Gasteiger charge is -2.32. The molecule has 0 fully saturated rings. The fraction of sp³-hybridized carbons (Fsp3) is 0.600. The van der Waals surface area contributed by atoms with Gasteiger partial charge in [-0.2, -0.15) is 8.78 Å². The zero-order valence-electron chi connectivity index (χ0n) is 12.4. The molecular weight excluding hydrogens is 269 g/mol. The molecule has 1 aromatic carbocycles. The summed E-state index contributed by atoms with van der Waals surface area (Å²) in [5.41, 5.74) is -4.16. The van der Waals surface area contributed by atoms with Gasteiger partial charge in [0.25, 0.3) is 0 Å². The van der Waals surface area contributed by atoms with Crippen LogP contribution >= 0.6 is 0 Å². The van der Waals surface area contributed by atoms with Gasteiger partial charge in [0.2, 0.25) is 0 Å². The average Bonchev–Trinajstić information content (AvgIpc) is 2.26. The fourth-order valence-electron chi connectivity index (χ4n) is 2.01. The van der Waals surface area contributed by atoms with E-state index in [1.54, 1.807) is 20.8 Å². The van der Waals surface area contributed by atoms with Crippen molar-refractivity contribution >= 4 is 0 Å². The second-order valence-electron chi connectivity index (χ2n) is 5.74. The normalized spacial score (nSPS) is 13.7. The Morgan fingerprint density at radius 3 is 2.05 bits per heavy atom. The molecule has 0 bridgehead atoms. The first kappa shape index (κ1) is 17.0. The summed E-state index contributed by atoms with van der Waals surface area (Å²) in [5.74, 6) is -4.74. The highest BCUT2D eigenvalue weighted by Crippen LogP contribution is 2.42. The summed E-state index contributed by atoms with van der Waals surface area (Å²) in [6.07, 6.45) is 0. The minimum Gasteiger partial charge on any atom is -0.384 e. The molecule has 20 heavy (non-hydrogen) atoms. The number of hydrogen-bond donors (Lipinski definition) is 1. The molecule has 1 aromatic rings. The van der Waals surface area contributed by atoms with Crippen LogP contribution in [-0.4, -0.2) is 17.3 Å². The first-order valence-corrected chi connectivity index (χ1v) is 6.48. The lowest BCUT2D eigenvalue weighted by molar-refractivity contribution is -0.170. The van der Waals surface area contributed by atoms with Crippen molar-refractivity contribution in [1.29, 1.82) is 0 Å². The fourth-order valence-corrected chi connectivity index (χ4v) is 2.01. The molecule has 0 saturated carbocycles. The highest BCUT2D eigenvalue weighted by Gasteiger charge is 2.49. The van der Waals surface area contributed by atoms with Crippen LogP contribution in [0.4, 0.5) is 13.2 Å². The third-order valence-electron chi connectivity index (χ3n) is 3.26. The summed E-state index contributed by atoms with van der Waals surface area (Å²) in [6, 6.07) is 3.74. The molecule has 0 radical (unpaired) electrons. The monoisotopic (exact) mass is 290 g/mol. The van der Waals surface area contributed by atoms with Crippen molar-refractivity contribution in [2.45, 2.75) is 51.7 Å². The molecule has 1 rings (SSSR count). The van der Waals surface area contributed by atoms with E-state index < -0.39 is 28.5 Å². The SMILES string of the molecule is CCOC(C)(C)c1cccc(C(F)(F)C(C)(C)O)c1F. The summed E-state index contributed by atoms with van der Waals surface area (Å²) in [6.45, 7) is 7.20. The first-order valence-electron chi connectivity index (χ1n) is 6.48. The van der Waals surface area contributed by atoms with E-state index >= 15 is 0 Å². The maximum Gasteiger partial charge on any atom is 0.303 e. The molecule has 0 aliphatic carbocycles. The van der Waals surface area contributed by atoms with E-state index in [0.29, 0.717) is 6.61 Å². The van der Waals surface area contributed by atoms with Gasteiger partial charge < -0.3 is 9.84 Å². The Kier molecular flexibility index (Phi) is 4.56. The Hall–Kier alpha value is -1.07. The minimum atomic E-state index is -3.70. The van der Waals surface area contributed by atoms with Crippen LogP contribution in [0.3, 0.4) is 0 Å². The minimum absolute atomic E-state index is 0.0424. The van der Waals surface area contributed by atoms with E-state index in [0.717, 1.165) is 19.9 Å². The zero-order chi connectivity index (χ0) is 15.8. The van der Waals surface area contributed by atoms with Gasteiger partial charge in [0.05, 0.1) is 11.2 Å². The van der Waals surface area contributed by atoms with Crippen LogP contribution in [-0.2, 0) is 16.3 Å². The Labute approximate surface area is 117 Å². The lowest BCUT2D eigenvalue weighted by atomic mass is 9.88. The van der Waals surface area contributed by atoms with E-state index in [-0.39, 0.29) is 5.56 Å². The molecule has 0 unspecified atom stereocenters. The van der Waals surface area contributed by atoms with Crippen LogP contribution in [0.2, 0.25) is 0 Å². The van der Waals surface area contributed by atoms with Crippen LogP contribution in [0.25, 0.3) is 0 Å². The third-order valence-corrected chi connectivity index (χ3v) is 3.26. The van der Waals surface area contributed by atoms with Gasteiger partial charge in [0, 0.05) is 12.2 Å². The molecule has 0 saturated heterocycles. The van der Waals surface area contributed by atoms with Gasteiger partial charge in [0.1, 0.15) is 11.4 Å². The van der Waals surface area contributed by atoms with Crippen LogP contribution in [0.15, 0.2) is 18.2 Å². The summed E-state index contributed by atoms with van der Waals surface area (Å²) >= 11 is 0. The van der Waals surface area contributed by atoms with E-state index in [9.17, 15) is 18.3 Å². The lowest BCUT2D eigenvalue weighted by Crippen LogP contribution is -2.41. The highest BCUT2D eigenvalue weighted by atomic mass is 19.3. The number of halogens is 3. The van der Waals surface area contributed by atoms with Gasteiger partial charge in [-0.25, -0.2) is 4.39 Å². The van der Waals surface area contributed by atoms with E-state index in [1.807, 2.05) is 0 Å². The second kappa shape index (κ2) is 5.37. The molecule has 0 spiro atoms. The van der Waals surface area contributed by atoms with Crippen LogP contribution < -0.4 is 0 Å². The molecule has 0 amide bonds. The molecule has 0 aliphatic rings. The highest BCUT2D eigenvalue weighted by molar-refractivity contribution is 5.34. The molecule has 0 heterocycles. The number of hydrogen-bond acceptors (Lipinski definition) is 2. The molecule has 1 N–H and O–H groups in total. The van der Waals surface area contributed by atoms with Crippen LogP contribution in [0.5, 0.6) is 0 Å². The van der Waals surface area contributed by atoms with Crippen molar-refractivity contribution < 1.29 is 23.0 Å². The summed E-state index contributed by atoms with van der Waals surface area (Å²) in [4.78, 5) is 0. The molecule has 5 heteroatoms. The number of aliphatic hydroxyl groups is 1. The third kappa shape index (κ3) is 2.99. The van der Waals surface area contributed by atoms with Crippen molar-refractivity contribution in [1.82, 2.24) is 0 Å². The Morgan fingerprint density at radius 2 is 1.60 bits per heavy atom. The Balaban J connectivity index is 3.41. The number of alkyl halides is 2. The molecule has 0 atom stereocenters. The smallest absolute Gasteiger partial charge is 0.303 e. The zero-order valence-corrected chi connectivity index (χ0v) is 12.4. The van der Waals surface area contributed by atoms with Gasteiger partial charge in [0.15, 0.2) is 0 Å². The van der Waals surface area contributed by atoms with Gasteiger partial charge >= 0.3 is 5.92 Å². The predicted octanol–water partition coefficient (Wildman–Crippen LogP) is 3.96. The quantitative estimate of drug-likeness (QED) is 0.889. The largest absolute Gasteiger partial charge is 0.384 e. The van der Waals surface area contributed by atoms with E-state index in [2.05, 4.69) is 0 Å². The van der Waals surface area contributed by atoms with Crippen molar-refractivity contribution in [3.05, 3.63) is 35.1 Å². The standard InChI is InChI=1S/C15H21F3O2/c1-6-20-13(2,3)10-8-7-9-11(12(10)16)15(17,18)14(4,5)19/h7-9,19H,6H2,1-5H3. The van der Waals surface area contributed by atoms with Crippen molar-refractivity contribution in [2.24, 2.45) is 0 Å². The number of ether oxygens (including phenoxy) is 1. The van der Waals surface area contributed by atoms with Crippen LogP contribution in [0, 0.1) is 5.82 Å². The van der Waals surface area contributed by atoms with Crippen molar-refractivity contribution in [3.63, 3.8) is 0 Å². The maximum absolute atomic E-state index is 14.4. The van der Waals surface area contributed by atoms with Gasteiger partial charge in [-0.1, -0.05) is 12.1 Å². The van der Waals surface area contributed by atoms with E-state index in [4.69, 9.17) is 4.74 Å². The number of rotatable bonds is 5. The molecular formula is C15H21F3O2. The Bertz CT molecular complexity index is 476. The van der Waals surface area contributed by atoms with Gasteiger partial charge in [-0.3, -0.25) is 0 Å². The topological polar surface area (TPSA) is 29.5 Å². The maximum atomic E-state index is 14.4. The van der Waals surface area contributed by atoms with Crippen molar-refractivity contribution in [2.75, 3.05) is 6.61 Å². The van der Waals surface area contributed by atoms with Gasteiger partial charge in [-0.15, -0.1) is 0 Å². The Morgan fingerprint density at radius 1 is 1.10 bits per heavy atom. The molecule has 114 valence electrons. The summed E-state index contributed by atoms with van der Waals surface area (Å²) in [5, 5.41) is 9.57. The predicted molar refractivity (Wildman–Crippen MR) is 71.2 cm³/mol. The molecule has 0 aliphatic heterocycles. The van der Waals surface area contributed by atoms with Crippen LogP contribution in [0.1, 0.15) is 45.7 Å². The van der Waals surface area contributed by atoms with E-state index in [1.165, 1.54) is 12.1 Å². The number of benzene rings is 1. The molecule has 2 nitrogen and oxygen atoms in total. The molecule has 0 aromatic heterocycles. The summed E-state index contributed by atoms with van der Waals surface area (Å²) < 4.78 is 48.1. The summed E-state index contributed by atoms with van der Waals surface area (Å²) in [7, 11) is 0. The van der Waals surface area contributed by atoms with Crippen molar-refractivity contribution in [3.8, 4) is 0 Å².